The maximum Gasteiger partial charge on any atom is 0.243 e. The third-order valence-electron chi connectivity index (χ3n) is 3.16. The second kappa shape index (κ2) is 6.64. The molecule has 1 fully saturated rings. The Morgan fingerprint density at radius 3 is 2.90 bits per heavy atom. The first-order valence-electron chi connectivity index (χ1n) is 6.15. The van der Waals surface area contributed by atoms with Crippen LogP contribution in [0.5, 0.6) is 0 Å². The van der Waals surface area contributed by atoms with Crippen molar-refractivity contribution in [2.24, 2.45) is 10.7 Å². The van der Waals surface area contributed by atoms with Crippen LogP contribution in [0.4, 0.5) is 4.39 Å². The smallest absolute Gasteiger partial charge is 0.243 e. The van der Waals surface area contributed by atoms with Gasteiger partial charge in [-0.05, 0) is 13.0 Å². The number of nitrogens with two attached hydrogens (primary N) is 1. The molecule has 0 aliphatic carbocycles. The Labute approximate surface area is 126 Å². The van der Waals surface area contributed by atoms with Crippen LogP contribution in [0.3, 0.4) is 0 Å². The fourth-order valence-corrected chi connectivity index (χ4v) is 3.09. The van der Waals surface area contributed by atoms with Gasteiger partial charge in [0.1, 0.15) is 18.0 Å². The molecule has 0 aromatic heterocycles. The van der Waals surface area contributed by atoms with Crippen LogP contribution >= 0.6 is 19.5 Å². The summed E-state index contributed by atoms with van der Waals surface area (Å²) in [5.41, 5.74) is 5.42. The molecule has 4 unspecified atom stereocenters. The van der Waals surface area contributed by atoms with Crippen molar-refractivity contribution in [3.8, 4) is 0 Å². The third-order valence-corrected chi connectivity index (χ3v) is 3.95. The van der Waals surface area contributed by atoms with E-state index in [4.69, 9.17) is 15.0 Å². The molecule has 2 aliphatic heterocycles. The molecular formula is C10H17FN3O5PS. The molecule has 2 rings (SSSR count). The molecule has 0 aromatic carbocycles. The number of halogens is 1. The second-order valence-electron chi connectivity index (χ2n) is 4.69. The zero-order chi connectivity index (χ0) is 15.7. The average Bonchev–Trinajstić information content (AvgIpc) is 2.67. The largest absolute Gasteiger partial charge is 0.391 e. The topological polar surface area (TPSA) is 118 Å². The summed E-state index contributed by atoms with van der Waals surface area (Å²) >= 11 is 3.61. The first kappa shape index (κ1) is 16.7. The van der Waals surface area contributed by atoms with Crippen LogP contribution < -0.4 is 5.73 Å². The summed E-state index contributed by atoms with van der Waals surface area (Å²) in [5, 5.41) is 19.4. The third kappa shape index (κ3) is 3.58. The molecule has 2 aliphatic rings. The number of rotatable bonds is 4. The molecule has 120 valence electrons. The molecule has 0 saturated carbocycles. The molecule has 0 radical (unpaired) electrons. The molecule has 1 saturated heterocycles. The lowest BCUT2D eigenvalue weighted by Gasteiger charge is -2.32. The quantitative estimate of drug-likeness (QED) is 0.406. The SMILES string of the molecule is C[C@@H](O)[C@H]1O[C@@H](N2C=CC(N)=NC2O)C(F)C1O[PH](=O)S. The molecule has 0 aromatic rings. The number of amidine groups is 1. The average molecular weight is 341 g/mol. The van der Waals surface area contributed by atoms with E-state index in [1.54, 1.807) is 0 Å². The summed E-state index contributed by atoms with van der Waals surface area (Å²) in [4.78, 5) is 4.76. The van der Waals surface area contributed by atoms with Crippen LogP contribution in [0.1, 0.15) is 6.92 Å². The molecule has 21 heavy (non-hydrogen) atoms. The number of nitrogens with zero attached hydrogens (tertiary/aromatic N) is 2. The van der Waals surface area contributed by atoms with Gasteiger partial charge in [-0.1, -0.05) is 12.2 Å². The number of ether oxygens (including phenoxy) is 1. The van der Waals surface area contributed by atoms with Crippen LogP contribution in [0, 0.1) is 0 Å². The van der Waals surface area contributed by atoms with Gasteiger partial charge < -0.3 is 30.1 Å². The molecule has 0 spiro atoms. The van der Waals surface area contributed by atoms with E-state index in [0.29, 0.717) is 0 Å². The van der Waals surface area contributed by atoms with Crippen molar-refractivity contribution in [3.05, 3.63) is 12.3 Å². The Morgan fingerprint density at radius 1 is 1.71 bits per heavy atom. The Kier molecular flexibility index (Phi) is 5.29. The zero-order valence-electron chi connectivity index (χ0n) is 11.0. The normalized spacial score (nSPS) is 39.2. The fourth-order valence-electron chi connectivity index (χ4n) is 2.23. The van der Waals surface area contributed by atoms with E-state index in [-0.39, 0.29) is 5.84 Å². The van der Waals surface area contributed by atoms with E-state index in [1.807, 2.05) is 0 Å². The van der Waals surface area contributed by atoms with Crippen LogP contribution in [0.25, 0.3) is 0 Å². The second-order valence-corrected chi connectivity index (χ2v) is 6.55. The summed E-state index contributed by atoms with van der Waals surface area (Å²) < 4.78 is 35.9. The van der Waals surface area contributed by atoms with Crippen molar-refractivity contribution in [1.82, 2.24) is 4.90 Å². The van der Waals surface area contributed by atoms with Crippen molar-refractivity contribution in [2.75, 3.05) is 0 Å². The Hall–Kier alpha value is -0.640. The predicted molar refractivity (Wildman–Crippen MR) is 76.7 cm³/mol. The molecule has 0 bridgehead atoms. The van der Waals surface area contributed by atoms with E-state index in [1.165, 1.54) is 19.2 Å². The van der Waals surface area contributed by atoms with Gasteiger partial charge in [0.2, 0.25) is 13.6 Å². The highest BCUT2D eigenvalue weighted by atomic mass is 32.7. The van der Waals surface area contributed by atoms with Crippen molar-refractivity contribution < 1.29 is 28.4 Å². The first-order valence-corrected chi connectivity index (χ1v) is 8.76. The number of aliphatic imine (C=N–C) groups is 1. The fraction of sp³-hybridized carbons (Fsp3) is 0.700. The van der Waals surface area contributed by atoms with Crippen LogP contribution in [-0.4, -0.2) is 58.0 Å². The lowest BCUT2D eigenvalue weighted by molar-refractivity contribution is -0.131. The van der Waals surface area contributed by atoms with Crippen molar-refractivity contribution >= 4 is 25.3 Å². The van der Waals surface area contributed by atoms with Gasteiger partial charge >= 0.3 is 0 Å². The standard InChI is InChI=1S/C10H17FN3O5PS/c1-4(15)7-8(19-20(17)21)6(11)9(18-7)14-3-2-5(12)13-10(14)16/h2-4,6-10,15-16,20H,1H3,(H2,12,13)(H,17,21)/t4-,6?,7-,8?,9-,10?/m1/s1. The van der Waals surface area contributed by atoms with Crippen molar-refractivity contribution in [1.29, 1.82) is 0 Å². The lowest BCUT2D eigenvalue weighted by atomic mass is 10.1. The highest BCUT2D eigenvalue weighted by Crippen LogP contribution is 2.39. The molecule has 0 amide bonds. The summed E-state index contributed by atoms with van der Waals surface area (Å²) in [7, 11) is -2.72. The van der Waals surface area contributed by atoms with Gasteiger partial charge in [0.25, 0.3) is 0 Å². The molecule has 7 atom stereocenters. The van der Waals surface area contributed by atoms with Gasteiger partial charge in [-0.2, -0.15) is 0 Å². The number of aliphatic hydroxyl groups excluding tert-OH is 2. The summed E-state index contributed by atoms with van der Waals surface area (Å²) in [6.45, 7) is 1.39. The highest BCUT2D eigenvalue weighted by Gasteiger charge is 2.51. The first-order chi connectivity index (χ1) is 9.81. The van der Waals surface area contributed by atoms with Gasteiger partial charge in [0.05, 0.1) is 6.10 Å². The van der Waals surface area contributed by atoms with E-state index in [2.05, 4.69) is 17.2 Å². The van der Waals surface area contributed by atoms with Gasteiger partial charge in [-0.15, -0.1) is 0 Å². The lowest BCUT2D eigenvalue weighted by Crippen LogP contribution is -2.46. The molecule has 2 heterocycles. The minimum absolute atomic E-state index is 0.0902. The number of aliphatic hydroxyl groups is 2. The van der Waals surface area contributed by atoms with E-state index < -0.39 is 44.3 Å². The number of hydrogen-bond acceptors (Lipinski definition) is 8. The Morgan fingerprint density at radius 2 is 2.38 bits per heavy atom. The number of thiol groups is 1. The molecule has 11 heteroatoms. The molecule has 8 nitrogen and oxygen atoms in total. The number of hydrogen-bond donors (Lipinski definition) is 4. The van der Waals surface area contributed by atoms with Gasteiger partial charge in [0, 0.05) is 6.20 Å². The van der Waals surface area contributed by atoms with Crippen LogP contribution in [-0.2, 0) is 13.8 Å². The van der Waals surface area contributed by atoms with E-state index in [9.17, 15) is 19.2 Å². The van der Waals surface area contributed by atoms with E-state index in [0.717, 1.165) is 4.90 Å². The molecular weight excluding hydrogens is 324 g/mol. The van der Waals surface area contributed by atoms with Crippen molar-refractivity contribution in [3.63, 3.8) is 0 Å². The van der Waals surface area contributed by atoms with Gasteiger partial charge in [-0.3, -0.25) is 4.57 Å². The predicted octanol–water partition coefficient (Wildman–Crippen LogP) is -0.403. The minimum atomic E-state index is -2.72. The summed E-state index contributed by atoms with van der Waals surface area (Å²) in [5.74, 6) is 0.0902. The maximum atomic E-state index is 14.5. The number of alkyl halides is 1. The van der Waals surface area contributed by atoms with Gasteiger partial charge in [-0.25, -0.2) is 9.38 Å². The Balaban J connectivity index is 2.18. The highest BCUT2D eigenvalue weighted by molar-refractivity contribution is 8.39. The van der Waals surface area contributed by atoms with Crippen LogP contribution in [0.15, 0.2) is 17.3 Å². The zero-order valence-corrected chi connectivity index (χ0v) is 12.9. The monoisotopic (exact) mass is 341 g/mol. The summed E-state index contributed by atoms with van der Waals surface area (Å²) in [6, 6.07) is 0. The summed E-state index contributed by atoms with van der Waals surface area (Å²) in [6.07, 6.45) is -5.11. The van der Waals surface area contributed by atoms with Crippen molar-refractivity contribution in [2.45, 2.75) is 44.0 Å². The van der Waals surface area contributed by atoms with Crippen LogP contribution in [0.2, 0.25) is 0 Å². The maximum absolute atomic E-state index is 14.5. The molecule has 4 N–H and O–H groups in total. The Bertz CT molecular complexity index is 480. The minimum Gasteiger partial charge on any atom is -0.391 e. The van der Waals surface area contributed by atoms with Gasteiger partial charge in [0.15, 0.2) is 12.4 Å². The van der Waals surface area contributed by atoms with E-state index >= 15 is 0 Å².